The van der Waals surface area contributed by atoms with Crippen LogP contribution in [-0.2, 0) is 9.53 Å². The summed E-state index contributed by atoms with van der Waals surface area (Å²) < 4.78 is 7.29. The summed E-state index contributed by atoms with van der Waals surface area (Å²) in [6, 6.07) is 17.4. The summed E-state index contributed by atoms with van der Waals surface area (Å²) in [5, 5.41) is 10.1. The number of carbonyl (C=O) groups is 1. The first-order valence-electron chi connectivity index (χ1n) is 8.97. The highest BCUT2D eigenvalue weighted by Gasteiger charge is 2.20. The maximum Gasteiger partial charge on any atom is 0.233 e. The van der Waals surface area contributed by atoms with E-state index in [0.29, 0.717) is 48.1 Å². The van der Waals surface area contributed by atoms with Gasteiger partial charge in [-0.1, -0.05) is 41.6 Å². The van der Waals surface area contributed by atoms with E-state index in [9.17, 15) is 4.79 Å². The van der Waals surface area contributed by atoms with Gasteiger partial charge in [-0.15, -0.1) is 10.2 Å². The number of para-hydroxylation sites is 1. The molecule has 1 saturated heterocycles. The lowest BCUT2D eigenvalue weighted by Gasteiger charge is -2.26. The Morgan fingerprint density at radius 2 is 1.75 bits per heavy atom. The Hall–Kier alpha value is -2.35. The minimum absolute atomic E-state index is 0.0870. The molecular weight excluding hydrogens is 396 g/mol. The van der Waals surface area contributed by atoms with E-state index in [0.717, 1.165) is 11.3 Å². The Labute approximate surface area is 172 Å². The molecule has 0 spiro atoms. The van der Waals surface area contributed by atoms with E-state index in [1.807, 2.05) is 64.1 Å². The zero-order valence-corrected chi connectivity index (χ0v) is 16.7. The third kappa shape index (κ3) is 4.22. The number of aromatic nitrogens is 3. The van der Waals surface area contributed by atoms with Crippen LogP contribution in [0.3, 0.4) is 0 Å². The molecule has 0 bridgehead atoms. The van der Waals surface area contributed by atoms with Gasteiger partial charge in [0.25, 0.3) is 0 Å². The largest absolute Gasteiger partial charge is 0.378 e. The fourth-order valence-corrected chi connectivity index (χ4v) is 3.97. The van der Waals surface area contributed by atoms with E-state index in [-0.39, 0.29) is 5.91 Å². The molecule has 2 aromatic carbocycles. The lowest BCUT2D eigenvalue weighted by atomic mass is 10.2. The van der Waals surface area contributed by atoms with Crippen molar-refractivity contribution in [2.45, 2.75) is 5.16 Å². The number of rotatable bonds is 5. The van der Waals surface area contributed by atoms with Crippen molar-refractivity contribution >= 4 is 29.3 Å². The molecule has 1 amide bonds. The first-order valence-corrected chi connectivity index (χ1v) is 10.3. The maximum absolute atomic E-state index is 12.5. The molecule has 0 radical (unpaired) electrons. The molecule has 2 heterocycles. The highest BCUT2D eigenvalue weighted by atomic mass is 35.5. The predicted octanol–water partition coefficient (Wildman–Crippen LogP) is 3.54. The van der Waals surface area contributed by atoms with Crippen LogP contribution in [0.2, 0.25) is 5.02 Å². The molecule has 0 aliphatic carbocycles. The van der Waals surface area contributed by atoms with Crippen LogP contribution < -0.4 is 0 Å². The Morgan fingerprint density at radius 1 is 1.04 bits per heavy atom. The van der Waals surface area contributed by atoms with Crippen molar-refractivity contribution in [1.29, 1.82) is 0 Å². The second-order valence-electron chi connectivity index (χ2n) is 6.27. The number of halogens is 1. The minimum atomic E-state index is 0.0870. The van der Waals surface area contributed by atoms with Crippen LogP contribution in [-0.4, -0.2) is 57.6 Å². The molecule has 0 saturated carbocycles. The number of hydrogen-bond donors (Lipinski definition) is 0. The molecule has 3 aromatic rings. The summed E-state index contributed by atoms with van der Waals surface area (Å²) in [5.41, 5.74) is 1.85. The summed E-state index contributed by atoms with van der Waals surface area (Å²) in [4.78, 5) is 14.3. The number of thioether (sulfide) groups is 1. The lowest BCUT2D eigenvalue weighted by Crippen LogP contribution is -2.41. The normalized spacial score (nSPS) is 14.2. The van der Waals surface area contributed by atoms with Gasteiger partial charge >= 0.3 is 0 Å². The molecule has 4 rings (SSSR count). The highest BCUT2D eigenvalue weighted by molar-refractivity contribution is 7.99. The number of ether oxygens (including phenoxy) is 1. The second-order valence-corrected chi connectivity index (χ2v) is 7.64. The molecule has 8 heteroatoms. The Morgan fingerprint density at radius 3 is 2.46 bits per heavy atom. The third-order valence-electron chi connectivity index (χ3n) is 4.44. The molecule has 1 aliphatic heterocycles. The van der Waals surface area contributed by atoms with E-state index in [4.69, 9.17) is 16.3 Å². The van der Waals surface area contributed by atoms with Crippen molar-refractivity contribution < 1.29 is 9.53 Å². The van der Waals surface area contributed by atoms with Crippen molar-refractivity contribution in [3.63, 3.8) is 0 Å². The molecule has 6 nitrogen and oxygen atoms in total. The first kappa shape index (κ1) is 19.0. The van der Waals surface area contributed by atoms with Crippen LogP contribution in [0.25, 0.3) is 17.1 Å². The SMILES string of the molecule is O=C(CSc1nnc(-c2ccc(Cl)cc2)n1-c1ccccc1)N1CCOCC1. The fourth-order valence-electron chi connectivity index (χ4n) is 2.99. The molecule has 1 aliphatic rings. The topological polar surface area (TPSA) is 60.2 Å². The van der Waals surface area contributed by atoms with Gasteiger partial charge < -0.3 is 9.64 Å². The van der Waals surface area contributed by atoms with Crippen LogP contribution in [0.15, 0.2) is 59.8 Å². The number of hydrogen-bond acceptors (Lipinski definition) is 5. The summed E-state index contributed by atoms with van der Waals surface area (Å²) in [5.74, 6) is 1.11. The summed E-state index contributed by atoms with van der Waals surface area (Å²) >= 11 is 7.42. The van der Waals surface area contributed by atoms with Gasteiger partial charge in [-0.2, -0.15) is 0 Å². The van der Waals surface area contributed by atoms with E-state index >= 15 is 0 Å². The molecule has 0 atom stereocenters. The van der Waals surface area contributed by atoms with E-state index in [1.54, 1.807) is 0 Å². The van der Waals surface area contributed by atoms with Crippen molar-refractivity contribution in [2.75, 3.05) is 32.1 Å². The predicted molar refractivity (Wildman–Crippen MR) is 110 cm³/mol. The number of amides is 1. The van der Waals surface area contributed by atoms with Crippen molar-refractivity contribution in [1.82, 2.24) is 19.7 Å². The van der Waals surface area contributed by atoms with Crippen LogP contribution in [0, 0.1) is 0 Å². The smallest absolute Gasteiger partial charge is 0.233 e. The quantitative estimate of drug-likeness (QED) is 0.597. The summed E-state index contributed by atoms with van der Waals surface area (Å²) in [6.45, 7) is 2.47. The average Bonchev–Trinajstić information content (AvgIpc) is 3.17. The van der Waals surface area contributed by atoms with Gasteiger partial charge in [-0.05, 0) is 36.4 Å². The van der Waals surface area contributed by atoms with Crippen LogP contribution >= 0.6 is 23.4 Å². The zero-order chi connectivity index (χ0) is 19.3. The Balaban J connectivity index is 1.62. The maximum atomic E-state index is 12.5. The number of nitrogens with zero attached hydrogens (tertiary/aromatic N) is 4. The molecule has 28 heavy (non-hydrogen) atoms. The van der Waals surface area contributed by atoms with Gasteiger partial charge in [0, 0.05) is 29.4 Å². The van der Waals surface area contributed by atoms with Gasteiger partial charge in [0.05, 0.1) is 19.0 Å². The Bertz CT molecular complexity index is 941. The summed E-state index contributed by atoms with van der Waals surface area (Å²) in [6.07, 6.45) is 0. The van der Waals surface area contributed by atoms with Crippen molar-refractivity contribution in [2.24, 2.45) is 0 Å². The molecular formula is C20H19ClN4O2S. The molecule has 0 N–H and O–H groups in total. The fraction of sp³-hybridized carbons (Fsp3) is 0.250. The van der Waals surface area contributed by atoms with Crippen molar-refractivity contribution in [3.05, 3.63) is 59.6 Å². The minimum Gasteiger partial charge on any atom is -0.378 e. The highest BCUT2D eigenvalue weighted by Crippen LogP contribution is 2.28. The van der Waals surface area contributed by atoms with Gasteiger partial charge in [-0.3, -0.25) is 9.36 Å². The standard InChI is InChI=1S/C20H19ClN4O2S/c21-16-8-6-15(7-9-16)19-22-23-20(25(19)17-4-2-1-3-5-17)28-14-18(26)24-10-12-27-13-11-24/h1-9H,10-14H2. The third-order valence-corrected chi connectivity index (χ3v) is 5.60. The molecule has 1 aromatic heterocycles. The van der Waals surface area contributed by atoms with E-state index in [2.05, 4.69) is 10.2 Å². The van der Waals surface area contributed by atoms with E-state index < -0.39 is 0 Å². The average molecular weight is 415 g/mol. The van der Waals surface area contributed by atoms with Crippen LogP contribution in [0.5, 0.6) is 0 Å². The lowest BCUT2D eigenvalue weighted by molar-refractivity contribution is -0.132. The molecule has 0 unspecified atom stereocenters. The van der Waals surface area contributed by atoms with E-state index in [1.165, 1.54) is 11.8 Å². The van der Waals surface area contributed by atoms with Gasteiger partial charge in [0.1, 0.15) is 0 Å². The monoisotopic (exact) mass is 414 g/mol. The Kier molecular flexibility index (Phi) is 5.95. The summed E-state index contributed by atoms with van der Waals surface area (Å²) in [7, 11) is 0. The van der Waals surface area contributed by atoms with Gasteiger partial charge in [0.15, 0.2) is 11.0 Å². The zero-order valence-electron chi connectivity index (χ0n) is 15.1. The molecule has 144 valence electrons. The van der Waals surface area contributed by atoms with Gasteiger partial charge in [0.2, 0.25) is 5.91 Å². The van der Waals surface area contributed by atoms with Crippen LogP contribution in [0.4, 0.5) is 0 Å². The van der Waals surface area contributed by atoms with Crippen LogP contribution in [0.1, 0.15) is 0 Å². The first-order chi connectivity index (χ1) is 13.7. The van der Waals surface area contributed by atoms with Crippen molar-refractivity contribution in [3.8, 4) is 17.1 Å². The second kappa shape index (κ2) is 8.77. The number of morpholine rings is 1. The number of carbonyl (C=O) groups excluding carboxylic acids is 1. The number of benzene rings is 2. The molecule has 1 fully saturated rings. The van der Waals surface area contributed by atoms with Gasteiger partial charge in [-0.25, -0.2) is 0 Å².